The van der Waals surface area contributed by atoms with E-state index in [1.807, 2.05) is 0 Å². The first-order valence-corrected chi connectivity index (χ1v) is 5.27. The molecular formula is C12H13F2NO3. The van der Waals surface area contributed by atoms with Crippen LogP contribution in [0.15, 0.2) is 24.3 Å². The lowest BCUT2D eigenvalue weighted by molar-refractivity contribution is -0.137. The van der Waals surface area contributed by atoms with Crippen molar-refractivity contribution in [1.82, 2.24) is 4.90 Å². The van der Waals surface area contributed by atoms with Gasteiger partial charge in [-0.05, 0) is 12.1 Å². The lowest BCUT2D eigenvalue weighted by atomic mass is 10.1. The maximum absolute atomic E-state index is 12.3. The molecule has 0 saturated carbocycles. The van der Waals surface area contributed by atoms with E-state index in [9.17, 15) is 18.4 Å². The number of halogens is 2. The summed E-state index contributed by atoms with van der Waals surface area (Å²) < 4.78 is 24.6. The van der Waals surface area contributed by atoms with Gasteiger partial charge in [0.15, 0.2) is 0 Å². The van der Waals surface area contributed by atoms with Crippen LogP contribution in [0.4, 0.5) is 8.78 Å². The number of benzene rings is 1. The Morgan fingerprint density at radius 3 is 2.28 bits per heavy atom. The summed E-state index contributed by atoms with van der Waals surface area (Å²) in [5, 5.41) is 8.49. The van der Waals surface area contributed by atoms with Gasteiger partial charge in [0, 0.05) is 24.7 Å². The molecule has 1 rings (SSSR count). The molecule has 0 aliphatic carbocycles. The molecule has 4 nitrogen and oxygen atoms in total. The Hall–Kier alpha value is -1.98. The Labute approximate surface area is 103 Å². The summed E-state index contributed by atoms with van der Waals surface area (Å²) in [6.07, 6.45) is -2.73. The predicted octanol–water partition coefficient (Wildman–Crippen LogP) is 2.17. The van der Waals surface area contributed by atoms with Crippen molar-refractivity contribution in [3.63, 3.8) is 0 Å². The van der Waals surface area contributed by atoms with Crippen molar-refractivity contribution in [3.05, 3.63) is 35.4 Å². The second kappa shape index (κ2) is 6.09. The SMILES string of the molecule is CN(CCC(=O)O)C(=O)c1ccc(C(F)F)cc1. The monoisotopic (exact) mass is 257 g/mol. The van der Waals surface area contributed by atoms with E-state index in [0.29, 0.717) is 0 Å². The number of rotatable bonds is 5. The maximum Gasteiger partial charge on any atom is 0.305 e. The van der Waals surface area contributed by atoms with Gasteiger partial charge in [0.25, 0.3) is 12.3 Å². The predicted molar refractivity (Wildman–Crippen MR) is 60.6 cm³/mol. The van der Waals surface area contributed by atoms with E-state index in [1.54, 1.807) is 0 Å². The molecule has 0 saturated heterocycles. The van der Waals surface area contributed by atoms with Crippen molar-refractivity contribution >= 4 is 11.9 Å². The van der Waals surface area contributed by atoms with Gasteiger partial charge in [-0.2, -0.15) is 0 Å². The van der Waals surface area contributed by atoms with Gasteiger partial charge in [-0.3, -0.25) is 9.59 Å². The summed E-state index contributed by atoms with van der Waals surface area (Å²) in [6, 6.07) is 4.98. The van der Waals surface area contributed by atoms with Crippen LogP contribution in [0.1, 0.15) is 28.8 Å². The second-order valence-corrected chi connectivity index (χ2v) is 3.79. The highest BCUT2D eigenvalue weighted by Crippen LogP contribution is 2.19. The van der Waals surface area contributed by atoms with Crippen LogP contribution in [0, 0.1) is 0 Å². The van der Waals surface area contributed by atoms with E-state index in [1.165, 1.54) is 36.2 Å². The van der Waals surface area contributed by atoms with E-state index in [2.05, 4.69) is 0 Å². The first kappa shape index (κ1) is 14.1. The summed E-state index contributed by atoms with van der Waals surface area (Å²) >= 11 is 0. The van der Waals surface area contributed by atoms with Crippen LogP contribution in [0.25, 0.3) is 0 Å². The number of carbonyl (C=O) groups excluding carboxylic acids is 1. The normalized spacial score (nSPS) is 10.4. The molecular weight excluding hydrogens is 244 g/mol. The first-order chi connectivity index (χ1) is 8.41. The summed E-state index contributed by atoms with van der Waals surface area (Å²) in [5.74, 6) is -1.39. The molecule has 0 radical (unpaired) electrons. The average molecular weight is 257 g/mol. The molecule has 1 aromatic rings. The minimum atomic E-state index is -2.57. The first-order valence-electron chi connectivity index (χ1n) is 5.27. The smallest absolute Gasteiger partial charge is 0.305 e. The summed E-state index contributed by atoms with van der Waals surface area (Å²) in [6.45, 7) is 0.0742. The van der Waals surface area contributed by atoms with E-state index in [-0.39, 0.29) is 24.1 Å². The molecule has 6 heteroatoms. The van der Waals surface area contributed by atoms with Crippen LogP contribution in [0.2, 0.25) is 0 Å². The highest BCUT2D eigenvalue weighted by Gasteiger charge is 2.14. The topological polar surface area (TPSA) is 57.6 Å². The van der Waals surface area contributed by atoms with Crippen molar-refractivity contribution in [2.45, 2.75) is 12.8 Å². The number of aliphatic carboxylic acids is 1. The van der Waals surface area contributed by atoms with Gasteiger partial charge in [-0.15, -0.1) is 0 Å². The van der Waals surface area contributed by atoms with Gasteiger partial charge >= 0.3 is 5.97 Å². The zero-order chi connectivity index (χ0) is 13.7. The van der Waals surface area contributed by atoms with Gasteiger partial charge in [0.1, 0.15) is 0 Å². The quantitative estimate of drug-likeness (QED) is 0.879. The van der Waals surface area contributed by atoms with Crippen molar-refractivity contribution < 1.29 is 23.5 Å². The number of alkyl halides is 2. The number of amides is 1. The molecule has 1 aromatic carbocycles. The molecule has 0 fully saturated rings. The number of nitrogens with zero attached hydrogens (tertiary/aromatic N) is 1. The summed E-state index contributed by atoms with van der Waals surface area (Å²) in [4.78, 5) is 23.4. The van der Waals surface area contributed by atoms with Crippen LogP contribution in [0.5, 0.6) is 0 Å². The van der Waals surface area contributed by atoms with Gasteiger partial charge in [-0.25, -0.2) is 8.78 Å². The maximum atomic E-state index is 12.3. The largest absolute Gasteiger partial charge is 0.481 e. The fraction of sp³-hybridized carbons (Fsp3) is 0.333. The third kappa shape index (κ3) is 3.80. The average Bonchev–Trinajstić information content (AvgIpc) is 2.35. The fourth-order valence-electron chi connectivity index (χ4n) is 1.36. The molecule has 0 spiro atoms. The van der Waals surface area contributed by atoms with Gasteiger partial charge in [0.05, 0.1) is 6.42 Å². The van der Waals surface area contributed by atoms with E-state index < -0.39 is 18.3 Å². The number of carbonyl (C=O) groups is 2. The minimum Gasteiger partial charge on any atom is -0.481 e. The molecule has 0 heterocycles. The van der Waals surface area contributed by atoms with Crippen LogP contribution in [-0.2, 0) is 4.79 Å². The minimum absolute atomic E-state index is 0.0742. The van der Waals surface area contributed by atoms with Gasteiger partial charge < -0.3 is 10.0 Å². The summed E-state index contributed by atoms with van der Waals surface area (Å²) in [7, 11) is 1.46. The highest BCUT2D eigenvalue weighted by atomic mass is 19.3. The standard InChI is InChI=1S/C12H13F2NO3/c1-15(7-6-10(16)17)12(18)9-4-2-8(3-5-9)11(13)14/h2-5,11H,6-7H2,1H3,(H,16,17). The Balaban J connectivity index is 2.68. The van der Waals surface area contributed by atoms with Crippen LogP contribution < -0.4 is 0 Å². The fourth-order valence-corrected chi connectivity index (χ4v) is 1.36. The Morgan fingerprint density at radius 1 is 1.28 bits per heavy atom. The Kier molecular flexibility index (Phi) is 4.76. The van der Waals surface area contributed by atoms with Crippen LogP contribution in [0.3, 0.4) is 0 Å². The van der Waals surface area contributed by atoms with Gasteiger partial charge in [-0.1, -0.05) is 12.1 Å². The molecule has 0 atom stereocenters. The third-order valence-electron chi connectivity index (χ3n) is 2.42. The highest BCUT2D eigenvalue weighted by molar-refractivity contribution is 5.94. The Bertz CT molecular complexity index is 431. The molecule has 0 aromatic heterocycles. The summed E-state index contributed by atoms with van der Waals surface area (Å²) in [5.41, 5.74) is 0.104. The van der Waals surface area contributed by atoms with Crippen molar-refractivity contribution in [1.29, 1.82) is 0 Å². The number of hydrogen-bond acceptors (Lipinski definition) is 2. The van der Waals surface area contributed by atoms with Crippen LogP contribution in [-0.4, -0.2) is 35.5 Å². The van der Waals surface area contributed by atoms with E-state index in [4.69, 9.17) is 5.11 Å². The lowest BCUT2D eigenvalue weighted by Crippen LogP contribution is -2.29. The Morgan fingerprint density at radius 2 is 1.83 bits per heavy atom. The van der Waals surface area contributed by atoms with E-state index >= 15 is 0 Å². The molecule has 1 N–H and O–H groups in total. The molecule has 18 heavy (non-hydrogen) atoms. The van der Waals surface area contributed by atoms with Crippen LogP contribution >= 0.6 is 0 Å². The zero-order valence-electron chi connectivity index (χ0n) is 9.77. The molecule has 1 amide bonds. The lowest BCUT2D eigenvalue weighted by Gasteiger charge is -2.16. The molecule has 0 aliphatic heterocycles. The number of carboxylic acids is 1. The molecule has 0 bridgehead atoms. The van der Waals surface area contributed by atoms with Crippen molar-refractivity contribution in [3.8, 4) is 0 Å². The molecule has 0 aliphatic rings. The molecule has 98 valence electrons. The van der Waals surface area contributed by atoms with Crippen molar-refractivity contribution in [2.24, 2.45) is 0 Å². The zero-order valence-corrected chi connectivity index (χ0v) is 9.77. The van der Waals surface area contributed by atoms with Crippen molar-refractivity contribution in [2.75, 3.05) is 13.6 Å². The number of hydrogen-bond donors (Lipinski definition) is 1. The van der Waals surface area contributed by atoms with Gasteiger partial charge in [0.2, 0.25) is 0 Å². The third-order valence-corrected chi connectivity index (χ3v) is 2.42. The van der Waals surface area contributed by atoms with E-state index in [0.717, 1.165) is 0 Å². The molecule has 0 unspecified atom stereocenters. The number of carboxylic acid groups (broad SMARTS) is 1. The second-order valence-electron chi connectivity index (χ2n) is 3.79.